The highest BCUT2D eigenvalue weighted by Crippen LogP contribution is 2.41. The molecule has 8 nitrogen and oxygen atoms in total. The van der Waals surface area contributed by atoms with E-state index in [1.165, 1.54) is 19.2 Å². The molecule has 14 heteroatoms. The number of phenols is 1. The third-order valence-corrected chi connectivity index (χ3v) is 9.08. The first-order chi connectivity index (χ1) is 15.3. The number of amidine groups is 1. The first-order valence-electron chi connectivity index (χ1n) is 9.57. The Morgan fingerprint density at radius 2 is 1.74 bits per heavy atom. The summed E-state index contributed by atoms with van der Waals surface area (Å²) in [5, 5.41) is 11.0. The molecule has 0 unspecified atom stereocenters. The quantitative estimate of drug-likeness (QED) is 0.575. The Morgan fingerprint density at radius 3 is 2.24 bits per heavy atom. The van der Waals surface area contributed by atoms with Gasteiger partial charge in [-0.15, -0.1) is 0 Å². The van der Waals surface area contributed by atoms with Crippen LogP contribution >= 0.6 is 0 Å². The van der Waals surface area contributed by atoms with Gasteiger partial charge in [-0.3, -0.25) is 4.72 Å². The van der Waals surface area contributed by atoms with Crippen LogP contribution in [0.2, 0.25) is 0 Å². The van der Waals surface area contributed by atoms with E-state index in [-0.39, 0.29) is 16.9 Å². The van der Waals surface area contributed by atoms with E-state index in [9.17, 15) is 39.7 Å². The van der Waals surface area contributed by atoms with Crippen molar-refractivity contribution in [3.8, 4) is 5.75 Å². The molecule has 2 aromatic rings. The fourth-order valence-electron chi connectivity index (χ4n) is 3.45. The first-order valence-corrected chi connectivity index (χ1v) is 14.1. The van der Waals surface area contributed by atoms with E-state index >= 15 is 0 Å². The van der Waals surface area contributed by atoms with Crippen molar-refractivity contribution in [2.45, 2.75) is 53.3 Å². The number of aromatic hydroxyl groups is 1. The number of fused-ring (bicyclic) bond motifs is 1. The number of nitrogens with one attached hydrogen (secondary N) is 1. The molecule has 0 aromatic heterocycles. The Morgan fingerprint density at radius 1 is 1.15 bits per heavy atom. The van der Waals surface area contributed by atoms with E-state index in [2.05, 4.69) is 9.71 Å². The summed E-state index contributed by atoms with van der Waals surface area (Å²) < 4.78 is 103. The Bertz CT molecular complexity index is 1420. The lowest BCUT2D eigenvalue weighted by Gasteiger charge is -2.26. The fraction of sp³-hybridized carbons (Fsp3) is 0.350. The van der Waals surface area contributed by atoms with Crippen LogP contribution in [0.3, 0.4) is 0 Å². The van der Waals surface area contributed by atoms with Crippen LogP contribution < -0.4 is 4.72 Å². The molecule has 3 rings (SSSR count). The highest BCUT2D eigenvalue weighted by Gasteiger charge is 2.47. The predicted octanol–water partition coefficient (Wildman–Crippen LogP) is 3.40. The van der Waals surface area contributed by atoms with Crippen molar-refractivity contribution >= 4 is 42.6 Å². The molecule has 1 heterocycles. The molecule has 0 aliphatic carbocycles. The minimum atomic E-state index is -5.76. The number of benzene rings is 2. The zero-order valence-electron chi connectivity index (χ0n) is 18.6. The molecule has 2 N–H and O–H groups in total. The number of sulfone groups is 1. The molecular formula is C20H21F3N2O6S3. The summed E-state index contributed by atoms with van der Waals surface area (Å²) in [7, 11) is -10.2. The Hall–Kier alpha value is -2.29. The summed E-state index contributed by atoms with van der Waals surface area (Å²) in [5.41, 5.74) is -6.38. The second kappa shape index (κ2) is 8.14. The summed E-state index contributed by atoms with van der Waals surface area (Å²) in [6, 6.07) is 3.28. The second-order valence-corrected chi connectivity index (χ2v) is 13.6. The summed E-state index contributed by atoms with van der Waals surface area (Å²) >= 11 is -1.55. The number of sulfonamides is 1. The second-order valence-electron chi connectivity index (χ2n) is 8.62. The predicted molar refractivity (Wildman–Crippen MR) is 120 cm³/mol. The summed E-state index contributed by atoms with van der Waals surface area (Å²) in [6.45, 7) is 6.77. The molecule has 0 amide bonds. The number of halogens is 3. The largest absolute Gasteiger partial charge is 0.612 e. The highest BCUT2D eigenvalue weighted by atomic mass is 32.2. The molecule has 0 spiro atoms. The van der Waals surface area contributed by atoms with Crippen LogP contribution in [-0.2, 0) is 36.5 Å². The first kappa shape index (κ1) is 26.3. The van der Waals surface area contributed by atoms with Crippen LogP contribution in [0.4, 0.5) is 18.9 Å². The standard InChI is InChI=1S/C20H21F3N2O6S3/c1-10-14(32(5)27)9-12(19(2,3)4)17(26)16(10)18-24-13-8-11(33(28,29)20(21,22)23)6-7-15(13)34(30,31)25-18/h6-9,26H,1-5H3,(H,24,25)/t32-/m0/s1. The molecule has 0 bridgehead atoms. The number of aliphatic imine (C=N–C) groups is 1. The molecule has 34 heavy (non-hydrogen) atoms. The van der Waals surface area contributed by atoms with Crippen molar-refractivity contribution in [2.75, 3.05) is 6.26 Å². The molecule has 186 valence electrons. The maximum Gasteiger partial charge on any atom is 0.501 e. The zero-order chi connectivity index (χ0) is 26.0. The van der Waals surface area contributed by atoms with Crippen molar-refractivity contribution < 1.29 is 39.7 Å². The normalized spacial score (nSPS) is 16.9. The maximum atomic E-state index is 13.0. The van der Waals surface area contributed by atoms with Crippen LogP contribution in [0.5, 0.6) is 5.75 Å². The molecule has 1 aliphatic rings. The lowest BCUT2D eigenvalue weighted by molar-refractivity contribution is -0.0436. The molecule has 0 saturated heterocycles. The lowest BCUT2D eigenvalue weighted by atomic mass is 9.84. The van der Waals surface area contributed by atoms with Crippen molar-refractivity contribution in [1.82, 2.24) is 4.72 Å². The maximum absolute atomic E-state index is 13.0. The van der Waals surface area contributed by atoms with Crippen LogP contribution in [0, 0.1) is 6.92 Å². The molecule has 1 aliphatic heterocycles. The van der Waals surface area contributed by atoms with E-state index in [4.69, 9.17) is 0 Å². The number of nitrogens with zero attached hydrogens (tertiary/aromatic N) is 1. The van der Waals surface area contributed by atoms with Gasteiger partial charge in [0.05, 0.1) is 16.1 Å². The van der Waals surface area contributed by atoms with Gasteiger partial charge in [-0.05, 0) is 41.7 Å². The van der Waals surface area contributed by atoms with E-state index in [0.29, 0.717) is 28.7 Å². The van der Waals surface area contributed by atoms with Crippen LogP contribution in [-0.4, -0.2) is 44.1 Å². The summed E-state index contributed by atoms with van der Waals surface area (Å²) in [4.78, 5) is 2.62. The van der Waals surface area contributed by atoms with Gasteiger partial charge >= 0.3 is 5.51 Å². The van der Waals surface area contributed by atoms with Crippen molar-refractivity contribution in [3.63, 3.8) is 0 Å². The number of rotatable bonds is 3. The van der Waals surface area contributed by atoms with Crippen LogP contribution in [0.1, 0.15) is 37.5 Å². The molecule has 0 saturated carbocycles. The average Bonchev–Trinajstić information content (AvgIpc) is 2.64. The van der Waals surface area contributed by atoms with Crippen molar-refractivity contribution in [3.05, 3.63) is 41.0 Å². The Kier molecular flexibility index (Phi) is 6.30. The number of phenolic OH excluding ortho intramolecular Hbond substituents is 1. The minimum absolute atomic E-state index is 0.115. The SMILES string of the molecule is Cc1c([S@+](C)[O-])cc(C(C)(C)C)c(O)c1C1=Nc2cc(S(=O)(=O)C(F)(F)F)ccc2S(=O)(=O)N1. The van der Waals surface area contributed by atoms with Gasteiger partial charge in [0.15, 0.2) is 10.7 Å². The van der Waals surface area contributed by atoms with E-state index in [1.54, 1.807) is 20.8 Å². The van der Waals surface area contributed by atoms with Gasteiger partial charge in [0.25, 0.3) is 19.9 Å². The van der Waals surface area contributed by atoms with Crippen LogP contribution in [0.15, 0.2) is 43.9 Å². The summed E-state index contributed by atoms with van der Waals surface area (Å²) in [5.74, 6) is -0.801. The van der Waals surface area contributed by atoms with Crippen molar-refractivity contribution in [2.24, 2.45) is 4.99 Å². The summed E-state index contributed by atoms with van der Waals surface area (Å²) in [6.07, 6.45) is 1.39. The number of hydrogen-bond acceptors (Lipinski definition) is 7. The Balaban J connectivity index is 2.37. The Labute approximate surface area is 198 Å². The zero-order valence-corrected chi connectivity index (χ0v) is 21.1. The van der Waals surface area contributed by atoms with Gasteiger partial charge in [0.2, 0.25) is 0 Å². The van der Waals surface area contributed by atoms with Crippen LogP contribution in [0.25, 0.3) is 0 Å². The number of alkyl halides is 3. The molecule has 2 aromatic carbocycles. The molecular weight excluding hydrogens is 517 g/mol. The highest BCUT2D eigenvalue weighted by molar-refractivity contribution is 7.92. The van der Waals surface area contributed by atoms with E-state index < -0.39 is 63.3 Å². The van der Waals surface area contributed by atoms with Gasteiger partial charge < -0.3 is 9.66 Å². The smallest absolute Gasteiger partial charge is 0.501 e. The molecule has 0 fully saturated rings. The monoisotopic (exact) mass is 538 g/mol. The number of hydrogen-bond donors (Lipinski definition) is 2. The van der Waals surface area contributed by atoms with Gasteiger partial charge in [0.1, 0.15) is 16.9 Å². The van der Waals surface area contributed by atoms with Gasteiger partial charge in [0, 0.05) is 17.2 Å². The van der Waals surface area contributed by atoms with E-state index in [0.717, 1.165) is 0 Å². The third kappa shape index (κ3) is 4.39. The van der Waals surface area contributed by atoms with E-state index in [1.807, 2.05) is 0 Å². The topological polar surface area (TPSA) is 136 Å². The lowest BCUT2D eigenvalue weighted by Crippen LogP contribution is -2.35. The van der Waals surface area contributed by atoms with Gasteiger partial charge in [-0.2, -0.15) is 13.2 Å². The van der Waals surface area contributed by atoms with Crippen molar-refractivity contribution in [1.29, 1.82) is 0 Å². The molecule has 0 radical (unpaired) electrons. The fourth-order valence-corrected chi connectivity index (χ4v) is 6.19. The molecule has 1 atom stereocenters. The van der Waals surface area contributed by atoms with Gasteiger partial charge in [-0.1, -0.05) is 20.8 Å². The third-order valence-electron chi connectivity index (χ3n) is 5.16. The van der Waals surface area contributed by atoms with Gasteiger partial charge in [-0.25, -0.2) is 21.8 Å². The minimum Gasteiger partial charge on any atom is -0.612 e. The average molecular weight is 539 g/mol.